The summed E-state index contributed by atoms with van der Waals surface area (Å²) in [5, 5.41) is 5.61. The van der Waals surface area contributed by atoms with Gasteiger partial charge < -0.3 is 4.90 Å². The number of rotatable bonds is 3. The van der Waals surface area contributed by atoms with E-state index < -0.39 is 0 Å². The average molecular weight is 375 g/mol. The number of carbonyl (C=O) groups excluding carboxylic acids is 1. The summed E-state index contributed by atoms with van der Waals surface area (Å²) in [5.41, 5.74) is 3.02. The van der Waals surface area contributed by atoms with Gasteiger partial charge in [-0.15, -0.1) is 22.7 Å². The molecular weight excluding hydrogens is 360 g/mol. The molecule has 0 spiro atoms. The number of carbonyl (C=O) groups is 1. The molecule has 6 heteroatoms. The van der Waals surface area contributed by atoms with Crippen LogP contribution >= 0.6 is 34.3 Å². The second-order valence-electron chi connectivity index (χ2n) is 5.73. The molecule has 4 rings (SSSR count). The highest BCUT2D eigenvalue weighted by atomic mass is 35.5. The standard InChI is InChI=1S/C18H15ClN2OS2/c19-15-4-2-1-3-14(15)18-20-13(11-24-18)9-17(22)21-7-5-16-12(10-21)6-8-23-16/h1-4,6,8,11H,5,7,9-10H2. The quantitative estimate of drug-likeness (QED) is 0.668. The van der Waals surface area contributed by atoms with E-state index in [9.17, 15) is 4.79 Å². The number of nitrogens with zero attached hydrogens (tertiary/aromatic N) is 2. The van der Waals surface area contributed by atoms with Gasteiger partial charge in [-0.2, -0.15) is 0 Å². The topological polar surface area (TPSA) is 33.2 Å². The van der Waals surface area contributed by atoms with Crippen molar-refractivity contribution in [1.82, 2.24) is 9.88 Å². The Morgan fingerprint density at radius 2 is 2.12 bits per heavy atom. The summed E-state index contributed by atoms with van der Waals surface area (Å²) in [5.74, 6) is 0.142. The number of aromatic nitrogens is 1. The normalized spacial score (nSPS) is 13.8. The van der Waals surface area contributed by atoms with Crippen LogP contribution < -0.4 is 0 Å². The molecule has 0 radical (unpaired) electrons. The van der Waals surface area contributed by atoms with Gasteiger partial charge in [0.05, 0.1) is 17.1 Å². The summed E-state index contributed by atoms with van der Waals surface area (Å²) in [6.07, 6.45) is 1.31. The Morgan fingerprint density at radius 1 is 1.25 bits per heavy atom. The third-order valence-electron chi connectivity index (χ3n) is 4.15. The SMILES string of the molecule is O=C(Cc1csc(-c2ccccc2Cl)n1)N1CCc2sccc2C1. The van der Waals surface area contributed by atoms with E-state index in [-0.39, 0.29) is 5.91 Å². The molecule has 2 aromatic heterocycles. The molecule has 1 aromatic carbocycles. The molecule has 1 amide bonds. The number of hydrogen-bond acceptors (Lipinski definition) is 4. The summed E-state index contributed by atoms with van der Waals surface area (Å²) in [6, 6.07) is 9.78. The molecule has 0 unspecified atom stereocenters. The van der Waals surface area contributed by atoms with Gasteiger partial charge in [0.25, 0.3) is 0 Å². The van der Waals surface area contributed by atoms with Crippen molar-refractivity contribution >= 4 is 40.2 Å². The van der Waals surface area contributed by atoms with Gasteiger partial charge in [0.2, 0.25) is 5.91 Å². The predicted octanol–water partition coefficient (Wildman–Crippen LogP) is 4.65. The van der Waals surface area contributed by atoms with Crippen molar-refractivity contribution in [3.63, 3.8) is 0 Å². The van der Waals surface area contributed by atoms with Gasteiger partial charge in [-0.05, 0) is 29.5 Å². The minimum Gasteiger partial charge on any atom is -0.338 e. The summed E-state index contributed by atoms with van der Waals surface area (Å²) in [7, 11) is 0. The third kappa shape index (κ3) is 3.11. The largest absolute Gasteiger partial charge is 0.338 e. The van der Waals surface area contributed by atoms with Gasteiger partial charge >= 0.3 is 0 Å². The van der Waals surface area contributed by atoms with Gasteiger partial charge in [-0.3, -0.25) is 4.79 Å². The highest BCUT2D eigenvalue weighted by molar-refractivity contribution is 7.13. The molecule has 24 heavy (non-hydrogen) atoms. The van der Waals surface area contributed by atoms with Crippen LogP contribution in [0.15, 0.2) is 41.1 Å². The molecule has 0 atom stereocenters. The van der Waals surface area contributed by atoms with E-state index >= 15 is 0 Å². The second kappa shape index (κ2) is 6.67. The van der Waals surface area contributed by atoms with Crippen LogP contribution in [0.25, 0.3) is 10.6 Å². The van der Waals surface area contributed by atoms with Crippen molar-refractivity contribution < 1.29 is 4.79 Å². The summed E-state index contributed by atoms with van der Waals surface area (Å²) < 4.78 is 0. The van der Waals surface area contributed by atoms with Crippen molar-refractivity contribution in [2.75, 3.05) is 6.54 Å². The van der Waals surface area contributed by atoms with Crippen LogP contribution in [0.1, 0.15) is 16.1 Å². The molecular formula is C18H15ClN2OS2. The lowest BCUT2D eigenvalue weighted by atomic mass is 10.1. The van der Waals surface area contributed by atoms with E-state index in [2.05, 4.69) is 16.4 Å². The lowest BCUT2D eigenvalue weighted by molar-refractivity contribution is -0.131. The molecule has 0 saturated heterocycles. The first-order chi connectivity index (χ1) is 11.7. The maximum atomic E-state index is 12.6. The van der Waals surface area contributed by atoms with E-state index in [0.717, 1.165) is 35.8 Å². The fourth-order valence-corrected chi connectivity index (χ4v) is 4.90. The summed E-state index contributed by atoms with van der Waals surface area (Å²) in [6.45, 7) is 1.52. The Morgan fingerprint density at radius 3 is 3.00 bits per heavy atom. The number of thiophene rings is 1. The van der Waals surface area contributed by atoms with Crippen molar-refractivity contribution in [2.45, 2.75) is 19.4 Å². The fourth-order valence-electron chi connectivity index (χ4n) is 2.87. The van der Waals surface area contributed by atoms with E-state index in [4.69, 9.17) is 11.6 Å². The molecule has 3 heterocycles. The van der Waals surface area contributed by atoms with Crippen LogP contribution in [-0.4, -0.2) is 22.3 Å². The Hall–Kier alpha value is -1.69. The third-order valence-corrected chi connectivity index (χ3v) is 6.43. The van der Waals surface area contributed by atoms with E-state index in [0.29, 0.717) is 11.4 Å². The first-order valence-electron chi connectivity index (χ1n) is 7.73. The Balaban J connectivity index is 1.47. The van der Waals surface area contributed by atoms with Gasteiger partial charge in [0.1, 0.15) is 5.01 Å². The molecule has 3 nitrogen and oxygen atoms in total. The predicted molar refractivity (Wildman–Crippen MR) is 99.7 cm³/mol. The van der Waals surface area contributed by atoms with E-state index in [1.165, 1.54) is 21.8 Å². The molecule has 0 N–H and O–H groups in total. The number of benzene rings is 1. The minimum atomic E-state index is 0.142. The molecule has 3 aromatic rings. The number of hydrogen-bond donors (Lipinski definition) is 0. The van der Waals surface area contributed by atoms with E-state index in [1.807, 2.05) is 34.5 Å². The van der Waals surface area contributed by atoms with Crippen LogP contribution in [0.3, 0.4) is 0 Å². The van der Waals surface area contributed by atoms with Gasteiger partial charge in [0.15, 0.2) is 0 Å². The zero-order valence-electron chi connectivity index (χ0n) is 12.9. The van der Waals surface area contributed by atoms with Gasteiger partial charge in [-0.25, -0.2) is 4.98 Å². The Kier molecular flexibility index (Phi) is 4.39. The second-order valence-corrected chi connectivity index (χ2v) is 8.00. The Bertz CT molecular complexity index is 887. The number of halogens is 1. The zero-order chi connectivity index (χ0) is 16.5. The highest BCUT2D eigenvalue weighted by Gasteiger charge is 2.22. The maximum Gasteiger partial charge on any atom is 0.228 e. The molecule has 1 aliphatic heterocycles. The lowest BCUT2D eigenvalue weighted by Crippen LogP contribution is -2.36. The average Bonchev–Trinajstić information content (AvgIpc) is 3.23. The molecule has 0 saturated carbocycles. The molecule has 0 aliphatic carbocycles. The van der Waals surface area contributed by atoms with Crippen LogP contribution in [-0.2, 0) is 24.2 Å². The minimum absolute atomic E-state index is 0.142. The van der Waals surface area contributed by atoms with Crippen LogP contribution in [0.4, 0.5) is 0 Å². The molecule has 0 fully saturated rings. The molecule has 0 bridgehead atoms. The number of thiazole rings is 1. The maximum absolute atomic E-state index is 12.6. The molecule has 1 aliphatic rings. The van der Waals surface area contributed by atoms with Crippen molar-refractivity contribution in [3.05, 3.63) is 62.2 Å². The molecule has 122 valence electrons. The van der Waals surface area contributed by atoms with Crippen molar-refractivity contribution in [1.29, 1.82) is 0 Å². The Labute approximate surface area is 153 Å². The highest BCUT2D eigenvalue weighted by Crippen LogP contribution is 2.30. The van der Waals surface area contributed by atoms with Crippen LogP contribution in [0, 0.1) is 0 Å². The summed E-state index contributed by atoms with van der Waals surface area (Å²) >= 11 is 9.54. The lowest BCUT2D eigenvalue weighted by Gasteiger charge is -2.26. The van der Waals surface area contributed by atoms with Crippen LogP contribution in [0.5, 0.6) is 0 Å². The van der Waals surface area contributed by atoms with Crippen molar-refractivity contribution in [2.24, 2.45) is 0 Å². The number of amides is 1. The first kappa shape index (κ1) is 15.8. The van der Waals surface area contributed by atoms with E-state index in [1.54, 1.807) is 11.3 Å². The summed E-state index contributed by atoms with van der Waals surface area (Å²) in [4.78, 5) is 20.5. The monoisotopic (exact) mass is 374 g/mol. The van der Waals surface area contributed by atoms with Gasteiger partial charge in [-0.1, -0.05) is 29.8 Å². The first-order valence-corrected chi connectivity index (χ1v) is 9.87. The van der Waals surface area contributed by atoms with Crippen molar-refractivity contribution in [3.8, 4) is 10.6 Å². The van der Waals surface area contributed by atoms with Gasteiger partial charge in [0, 0.05) is 28.9 Å². The smallest absolute Gasteiger partial charge is 0.228 e. The fraction of sp³-hybridized carbons (Fsp3) is 0.222. The number of fused-ring (bicyclic) bond motifs is 1. The van der Waals surface area contributed by atoms with Crippen LogP contribution in [0.2, 0.25) is 5.02 Å². The zero-order valence-corrected chi connectivity index (χ0v) is 15.3.